The van der Waals surface area contributed by atoms with E-state index in [9.17, 15) is 14.4 Å². The maximum atomic E-state index is 11.4. The van der Waals surface area contributed by atoms with Gasteiger partial charge in [-0.1, -0.05) is 15.9 Å². The van der Waals surface area contributed by atoms with Gasteiger partial charge in [0.2, 0.25) is 0 Å². The molecule has 8 nitrogen and oxygen atoms in total. The summed E-state index contributed by atoms with van der Waals surface area (Å²) in [5.74, 6) is -1.79. The van der Waals surface area contributed by atoms with Crippen LogP contribution in [0.5, 0.6) is 0 Å². The highest BCUT2D eigenvalue weighted by atomic mass is 79.9. The Morgan fingerprint density at radius 3 is 1.77 bits per heavy atom. The standard InChI is InChI=1S/C13H19BrO8/c1-6(15)19-10-9(5-14)22-13(18-4)12(21-8(3)17)11(10)20-7(2)16/h9-13H,5H2,1-4H3/t9-,10-,11+,12-,13?/m1/s1. The Hall–Kier alpha value is -1.19. The number of hydrogen-bond donors (Lipinski definition) is 0. The lowest BCUT2D eigenvalue weighted by Crippen LogP contribution is -2.62. The molecule has 0 N–H and O–H groups in total. The van der Waals surface area contributed by atoms with Gasteiger partial charge in [0.15, 0.2) is 24.6 Å². The quantitative estimate of drug-likeness (QED) is 0.386. The average Bonchev–Trinajstić information content (AvgIpc) is 2.41. The van der Waals surface area contributed by atoms with Crippen molar-refractivity contribution in [1.29, 1.82) is 0 Å². The van der Waals surface area contributed by atoms with E-state index >= 15 is 0 Å². The molecule has 0 amide bonds. The van der Waals surface area contributed by atoms with Gasteiger partial charge in [0, 0.05) is 33.2 Å². The molecular weight excluding hydrogens is 364 g/mol. The van der Waals surface area contributed by atoms with Crippen molar-refractivity contribution < 1.29 is 38.1 Å². The van der Waals surface area contributed by atoms with E-state index in [0.717, 1.165) is 0 Å². The molecule has 0 aromatic heterocycles. The van der Waals surface area contributed by atoms with Gasteiger partial charge in [-0.2, -0.15) is 0 Å². The second-order valence-electron chi connectivity index (χ2n) is 4.66. The lowest BCUT2D eigenvalue weighted by atomic mass is 9.99. The van der Waals surface area contributed by atoms with Gasteiger partial charge in [-0.25, -0.2) is 0 Å². The van der Waals surface area contributed by atoms with Crippen LogP contribution in [-0.4, -0.2) is 61.1 Å². The number of carbonyl (C=O) groups excluding carboxylic acids is 3. The third-order valence-corrected chi connectivity index (χ3v) is 3.52. The number of alkyl halides is 1. The lowest BCUT2D eigenvalue weighted by molar-refractivity contribution is -0.293. The fraction of sp³-hybridized carbons (Fsp3) is 0.769. The third kappa shape index (κ3) is 4.92. The van der Waals surface area contributed by atoms with Gasteiger partial charge in [0.05, 0.1) is 0 Å². The molecule has 0 bridgehead atoms. The minimum atomic E-state index is -1.05. The van der Waals surface area contributed by atoms with Crippen LogP contribution in [0, 0.1) is 0 Å². The van der Waals surface area contributed by atoms with E-state index in [1.807, 2.05) is 0 Å². The number of methoxy groups -OCH3 is 1. The summed E-state index contributed by atoms with van der Waals surface area (Å²) in [5.41, 5.74) is 0. The SMILES string of the molecule is COC1O[C@H](CBr)[C@@H](OC(C)=O)[C@H](OC(C)=O)[C@H]1OC(C)=O. The molecule has 1 heterocycles. The maximum absolute atomic E-state index is 11.4. The smallest absolute Gasteiger partial charge is 0.303 e. The Morgan fingerprint density at radius 1 is 0.909 bits per heavy atom. The van der Waals surface area contributed by atoms with Crippen LogP contribution in [0.25, 0.3) is 0 Å². The van der Waals surface area contributed by atoms with Crippen molar-refractivity contribution in [3.63, 3.8) is 0 Å². The first-order chi connectivity index (χ1) is 10.3. The highest BCUT2D eigenvalue weighted by Gasteiger charge is 2.51. The van der Waals surface area contributed by atoms with Crippen LogP contribution >= 0.6 is 15.9 Å². The summed E-state index contributed by atoms with van der Waals surface area (Å²) in [5, 5.41) is 0.301. The number of esters is 3. The summed E-state index contributed by atoms with van der Waals surface area (Å²) < 4.78 is 26.3. The monoisotopic (exact) mass is 382 g/mol. The van der Waals surface area contributed by atoms with E-state index in [1.165, 1.54) is 27.9 Å². The Labute approximate surface area is 136 Å². The molecule has 1 saturated heterocycles. The summed E-state index contributed by atoms with van der Waals surface area (Å²) in [4.78, 5) is 34.0. The zero-order valence-corrected chi connectivity index (χ0v) is 14.3. The van der Waals surface area contributed by atoms with Crippen molar-refractivity contribution in [3.05, 3.63) is 0 Å². The summed E-state index contributed by atoms with van der Waals surface area (Å²) in [7, 11) is 1.36. The number of hydrogen-bond acceptors (Lipinski definition) is 8. The zero-order valence-electron chi connectivity index (χ0n) is 12.7. The molecule has 1 aliphatic rings. The highest BCUT2D eigenvalue weighted by molar-refractivity contribution is 9.09. The summed E-state index contributed by atoms with van der Waals surface area (Å²) in [6.07, 6.45) is -4.61. The van der Waals surface area contributed by atoms with E-state index in [2.05, 4.69) is 15.9 Å². The molecule has 0 aromatic carbocycles. The van der Waals surface area contributed by atoms with Gasteiger partial charge < -0.3 is 23.7 Å². The van der Waals surface area contributed by atoms with Crippen molar-refractivity contribution in [2.24, 2.45) is 0 Å². The van der Waals surface area contributed by atoms with Crippen LogP contribution in [0.1, 0.15) is 20.8 Å². The Morgan fingerprint density at radius 2 is 1.36 bits per heavy atom. The Balaban J connectivity index is 3.14. The molecule has 1 unspecified atom stereocenters. The van der Waals surface area contributed by atoms with Crippen LogP contribution in [0.15, 0.2) is 0 Å². The van der Waals surface area contributed by atoms with Gasteiger partial charge in [0.1, 0.15) is 6.10 Å². The summed E-state index contributed by atoms with van der Waals surface area (Å²) >= 11 is 3.24. The molecule has 0 aromatic rings. The predicted octanol–water partition coefficient (Wildman–Crippen LogP) is 0.548. The molecule has 1 rings (SSSR count). The van der Waals surface area contributed by atoms with E-state index in [0.29, 0.717) is 5.33 Å². The Kier molecular flexibility index (Phi) is 7.24. The molecule has 5 atom stereocenters. The van der Waals surface area contributed by atoms with Gasteiger partial charge in [-0.15, -0.1) is 0 Å². The molecule has 126 valence electrons. The van der Waals surface area contributed by atoms with E-state index in [4.69, 9.17) is 23.7 Å². The van der Waals surface area contributed by atoms with Crippen LogP contribution in [-0.2, 0) is 38.1 Å². The topological polar surface area (TPSA) is 97.4 Å². The lowest BCUT2D eigenvalue weighted by Gasteiger charge is -2.43. The minimum absolute atomic E-state index is 0.301. The summed E-state index contributed by atoms with van der Waals surface area (Å²) in [6, 6.07) is 0. The van der Waals surface area contributed by atoms with Gasteiger partial charge in [-0.05, 0) is 0 Å². The first kappa shape index (κ1) is 18.9. The number of ether oxygens (including phenoxy) is 5. The van der Waals surface area contributed by atoms with Crippen LogP contribution in [0.2, 0.25) is 0 Å². The molecule has 1 fully saturated rings. The molecular formula is C13H19BrO8. The van der Waals surface area contributed by atoms with Crippen molar-refractivity contribution in [2.75, 3.05) is 12.4 Å². The van der Waals surface area contributed by atoms with Gasteiger partial charge in [0.25, 0.3) is 0 Å². The fourth-order valence-corrected chi connectivity index (χ4v) is 2.69. The molecule has 0 radical (unpaired) electrons. The van der Waals surface area contributed by atoms with E-state index in [1.54, 1.807) is 0 Å². The second-order valence-corrected chi connectivity index (χ2v) is 5.30. The van der Waals surface area contributed by atoms with Crippen LogP contribution < -0.4 is 0 Å². The normalized spacial score (nSPS) is 31.2. The van der Waals surface area contributed by atoms with E-state index in [-0.39, 0.29) is 0 Å². The third-order valence-electron chi connectivity index (χ3n) is 2.88. The summed E-state index contributed by atoms with van der Waals surface area (Å²) in [6.45, 7) is 3.63. The molecule has 0 saturated carbocycles. The van der Waals surface area contributed by atoms with Gasteiger partial charge in [-0.3, -0.25) is 14.4 Å². The van der Waals surface area contributed by atoms with Crippen molar-refractivity contribution in [3.8, 4) is 0 Å². The van der Waals surface area contributed by atoms with Gasteiger partial charge >= 0.3 is 17.9 Å². The van der Waals surface area contributed by atoms with E-state index < -0.39 is 48.6 Å². The van der Waals surface area contributed by atoms with Crippen LogP contribution in [0.3, 0.4) is 0 Å². The number of halogens is 1. The minimum Gasteiger partial charge on any atom is -0.456 e. The molecule has 1 aliphatic heterocycles. The maximum Gasteiger partial charge on any atom is 0.303 e. The number of carbonyl (C=O) groups is 3. The first-order valence-electron chi connectivity index (χ1n) is 6.56. The van der Waals surface area contributed by atoms with Crippen molar-refractivity contribution in [1.82, 2.24) is 0 Å². The fourth-order valence-electron chi connectivity index (χ4n) is 2.17. The molecule has 22 heavy (non-hydrogen) atoms. The first-order valence-corrected chi connectivity index (χ1v) is 7.68. The Bertz CT molecular complexity index is 396. The largest absolute Gasteiger partial charge is 0.456 e. The molecule has 9 heteroatoms. The van der Waals surface area contributed by atoms with Crippen LogP contribution in [0.4, 0.5) is 0 Å². The van der Waals surface area contributed by atoms with Crippen molar-refractivity contribution in [2.45, 2.75) is 51.5 Å². The van der Waals surface area contributed by atoms with Crippen molar-refractivity contribution >= 4 is 33.8 Å². The predicted molar refractivity (Wildman–Crippen MR) is 76.1 cm³/mol. The zero-order chi connectivity index (χ0) is 16.9. The molecule has 0 aliphatic carbocycles. The molecule has 0 spiro atoms. The second kappa shape index (κ2) is 8.44. The highest BCUT2D eigenvalue weighted by Crippen LogP contribution is 2.29. The average molecular weight is 383 g/mol. The number of rotatable bonds is 5.